The lowest BCUT2D eigenvalue weighted by Crippen LogP contribution is -2.54. The van der Waals surface area contributed by atoms with Crippen molar-refractivity contribution >= 4 is 38.8 Å². The average molecular weight is 403 g/mol. The fourth-order valence-corrected chi connectivity index (χ4v) is 4.86. The molecule has 142 valence electrons. The van der Waals surface area contributed by atoms with Crippen LogP contribution in [0.15, 0.2) is 42.5 Å². The summed E-state index contributed by atoms with van der Waals surface area (Å²) in [5.74, 6) is 0.918. The Hall–Kier alpha value is -1.86. The van der Waals surface area contributed by atoms with E-state index in [0.29, 0.717) is 5.02 Å². The normalized spacial score (nSPS) is 16.6. The number of rotatable bonds is 5. The number of halogens is 1. The first-order valence-electron chi connectivity index (χ1n) is 9.07. The van der Waals surface area contributed by atoms with Crippen molar-refractivity contribution in [2.75, 3.05) is 38.2 Å². The molecular formula is C20H23ClN4OS. The lowest BCUT2D eigenvalue weighted by Gasteiger charge is -2.39. The predicted octanol–water partition coefficient (Wildman–Crippen LogP) is 3.61. The van der Waals surface area contributed by atoms with Gasteiger partial charge in [-0.3, -0.25) is 4.90 Å². The minimum absolute atomic E-state index is 0.0378. The maximum atomic E-state index is 6.50. The van der Waals surface area contributed by atoms with E-state index in [9.17, 15) is 0 Å². The fraction of sp³-hybridized carbons (Fsp3) is 0.350. The van der Waals surface area contributed by atoms with Crippen LogP contribution in [0.1, 0.15) is 5.01 Å². The van der Waals surface area contributed by atoms with Crippen LogP contribution in [0.4, 0.5) is 5.69 Å². The molecule has 7 heteroatoms. The van der Waals surface area contributed by atoms with Gasteiger partial charge in [0.15, 0.2) is 0 Å². The molecule has 27 heavy (non-hydrogen) atoms. The largest absolute Gasteiger partial charge is 0.495 e. The number of ether oxygens (including phenoxy) is 1. The summed E-state index contributed by atoms with van der Waals surface area (Å²) in [5.41, 5.74) is 8.53. The average Bonchev–Trinajstić information content (AvgIpc) is 3.12. The Bertz CT molecular complexity index is 923. The van der Waals surface area contributed by atoms with Crippen LogP contribution in [0.25, 0.3) is 10.2 Å². The molecule has 1 aliphatic heterocycles. The molecule has 2 N–H and O–H groups in total. The molecule has 2 aromatic carbocycles. The standard InChI is InChI=1S/C20H23ClN4OS/c1-26-16-7-3-2-6-15(16)24-9-11-25(12-10-24)18(22)13-19-23-20-14(21)5-4-8-17(20)27-19/h2-8,18H,9-13,22H2,1H3. The van der Waals surface area contributed by atoms with Gasteiger partial charge in [0, 0.05) is 32.6 Å². The van der Waals surface area contributed by atoms with Gasteiger partial charge in [0.25, 0.3) is 0 Å². The number of nitrogens with two attached hydrogens (primary N) is 1. The number of fused-ring (bicyclic) bond motifs is 1. The molecule has 0 saturated carbocycles. The molecule has 3 aromatic rings. The van der Waals surface area contributed by atoms with Crippen LogP contribution >= 0.6 is 22.9 Å². The number of thiazole rings is 1. The zero-order chi connectivity index (χ0) is 18.8. The highest BCUT2D eigenvalue weighted by atomic mass is 35.5. The number of hydrogen-bond donors (Lipinski definition) is 1. The molecule has 1 aromatic heterocycles. The monoisotopic (exact) mass is 402 g/mol. The van der Waals surface area contributed by atoms with Crippen molar-refractivity contribution in [1.29, 1.82) is 0 Å². The molecule has 1 saturated heterocycles. The second-order valence-electron chi connectivity index (χ2n) is 6.66. The Kier molecular flexibility index (Phi) is 5.50. The van der Waals surface area contributed by atoms with Crippen molar-refractivity contribution < 1.29 is 4.74 Å². The lowest BCUT2D eigenvalue weighted by atomic mass is 10.2. The first kappa shape index (κ1) is 18.5. The molecule has 4 rings (SSSR count). The van der Waals surface area contributed by atoms with E-state index in [4.69, 9.17) is 22.1 Å². The van der Waals surface area contributed by atoms with E-state index in [0.717, 1.165) is 59.3 Å². The minimum Gasteiger partial charge on any atom is -0.495 e. The number of hydrogen-bond acceptors (Lipinski definition) is 6. The van der Waals surface area contributed by atoms with Crippen molar-refractivity contribution in [3.05, 3.63) is 52.5 Å². The maximum absolute atomic E-state index is 6.50. The summed E-state index contributed by atoms with van der Waals surface area (Å²) >= 11 is 7.92. The molecule has 1 atom stereocenters. The molecule has 0 amide bonds. The number of aromatic nitrogens is 1. The van der Waals surface area contributed by atoms with E-state index in [1.807, 2.05) is 30.3 Å². The van der Waals surface area contributed by atoms with E-state index in [2.05, 4.69) is 26.9 Å². The predicted molar refractivity (Wildman–Crippen MR) is 113 cm³/mol. The van der Waals surface area contributed by atoms with Gasteiger partial charge in [-0.1, -0.05) is 29.8 Å². The van der Waals surface area contributed by atoms with E-state index < -0.39 is 0 Å². The first-order valence-corrected chi connectivity index (χ1v) is 10.3. The van der Waals surface area contributed by atoms with Crippen molar-refractivity contribution in [3.8, 4) is 5.75 Å². The Balaban J connectivity index is 1.39. The summed E-state index contributed by atoms with van der Waals surface area (Å²) in [6.45, 7) is 3.70. The molecule has 5 nitrogen and oxygen atoms in total. The van der Waals surface area contributed by atoms with Crippen molar-refractivity contribution in [3.63, 3.8) is 0 Å². The van der Waals surface area contributed by atoms with Gasteiger partial charge < -0.3 is 15.4 Å². The summed E-state index contributed by atoms with van der Waals surface area (Å²) in [7, 11) is 1.72. The summed E-state index contributed by atoms with van der Waals surface area (Å²) in [6.07, 6.45) is 0.703. The highest BCUT2D eigenvalue weighted by Crippen LogP contribution is 2.30. The van der Waals surface area contributed by atoms with Crippen LogP contribution in [0.5, 0.6) is 5.75 Å². The molecule has 1 unspecified atom stereocenters. The van der Waals surface area contributed by atoms with Crippen molar-refractivity contribution in [2.24, 2.45) is 5.73 Å². The van der Waals surface area contributed by atoms with Crippen LogP contribution in [0, 0.1) is 0 Å². The number of methoxy groups -OCH3 is 1. The SMILES string of the molecule is COc1ccccc1N1CCN(C(N)Cc2nc3c(Cl)cccc3s2)CC1. The van der Waals surface area contributed by atoms with E-state index in [-0.39, 0.29) is 6.17 Å². The van der Waals surface area contributed by atoms with Crippen LogP contribution in [0.2, 0.25) is 5.02 Å². The van der Waals surface area contributed by atoms with Gasteiger partial charge >= 0.3 is 0 Å². The number of anilines is 1. The van der Waals surface area contributed by atoms with Gasteiger partial charge in [-0.25, -0.2) is 4.98 Å². The molecule has 0 bridgehead atoms. The van der Waals surface area contributed by atoms with Gasteiger partial charge in [-0.15, -0.1) is 11.3 Å². The van der Waals surface area contributed by atoms with Crippen LogP contribution in [0.3, 0.4) is 0 Å². The molecule has 0 spiro atoms. The van der Waals surface area contributed by atoms with Gasteiger partial charge in [0.2, 0.25) is 0 Å². The molecule has 1 fully saturated rings. The van der Waals surface area contributed by atoms with Gasteiger partial charge in [0.1, 0.15) is 11.3 Å². The van der Waals surface area contributed by atoms with Crippen molar-refractivity contribution in [1.82, 2.24) is 9.88 Å². The van der Waals surface area contributed by atoms with Crippen molar-refractivity contribution in [2.45, 2.75) is 12.6 Å². The molecule has 1 aliphatic rings. The Morgan fingerprint density at radius 2 is 1.93 bits per heavy atom. The quantitative estimate of drug-likeness (QED) is 0.706. The lowest BCUT2D eigenvalue weighted by molar-refractivity contribution is 0.187. The van der Waals surface area contributed by atoms with Gasteiger partial charge in [-0.2, -0.15) is 0 Å². The van der Waals surface area contributed by atoms with Crippen LogP contribution in [-0.2, 0) is 6.42 Å². The second-order valence-corrected chi connectivity index (χ2v) is 8.18. The van der Waals surface area contributed by atoms with Crippen LogP contribution in [-0.4, -0.2) is 49.3 Å². The second kappa shape index (κ2) is 8.02. The minimum atomic E-state index is -0.0378. The number of piperazine rings is 1. The Labute approximate surface area is 168 Å². The van der Waals surface area contributed by atoms with Crippen LogP contribution < -0.4 is 15.4 Å². The fourth-order valence-electron chi connectivity index (χ4n) is 3.54. The summed E-state index contributed by atoms with van der Waals surface area (Å²) < 4.78 is 6.61. The van der Waals surface area contributed by atoms with Gasteiger partial charge in [0.05, 0.1) is 33.7 Å². The smallest absolute Gasteiger partial charge is 0.142 e. The maximum Gasteiger partial charge on any atom is 0.142 e. The number of nitrogens with zero attached hydrogens (tertiary/aromatic N) is 3. The highest BCUT2D eigenvalue weighted by molar-refractivity contribution is 7.18. The van der Waals surface area contributed by atoms with E-state index >= 15 is 0 Å². The third kappa shape index (κ3) is 3.89. The zero-order valence-electron chi connectivity index (χ0n) is 15.3. The number of para-hydroxylation sites is 3. The zero-order valence-corrected chi connectivity index (χ0v) is 16.8. The van der Waals surface area contributed by atoms with E-state index in [1.165, 1.54) is 0 Å². The van der Waals surface area contributed by atoms with E-state index in [1.54, 1.807) is 18.4 Å². The highest BCUT2D eigenvalue weighted by Gasteiger charge is 2.24. The first-order chi connectivity index (χ1) is 13.2. The molecule has 0 aliphatic carbocycles. The molecule has 0 radical (unpaired) electrons. The van der Waals surface area contributed by atoms with Gasteiger partial charge in [-0.05, 0) is 24.3 Å². The third-order valence-corrected chi connectivity index (χ3v) is 6.35. The third-order valence-electron chi connectivity index (χ3n) is 5.01. The Morgan fingerprint density at radius 3 is 2.67 bits per heavy atom. The molecule has 2 heterocycles. The summed E-state index contributed by atoms with van der Waals surface area (Å²) in [4.78, 5) is 9.38. The summed E-state index contributed by atoms with van der Waals surface area (Å²) in [6, 6.07) is 14.1. The summed E-state index contributed by atoms with van der Waals surface area (Å²) in [5, 5.41) is 1.74. The number of benzene rings is 2. The Morgan fingerprint density at radius 1 is 1.15 bits per heavy atom. The molecular weight excluding hydrogens is 380 g/mol. The topological polar surface area (TPSA) is 54.6 Å².